The first-order chi connectivity index (χ1) is 11.4. The first-order valence-corrected chi connectivity index (χ1v) is 10.0. The molecule has 0 saturated carbocycles. The van der Waals surface area contributed by atoms with E-state index in [2.05, 4.69) is 22.3 Å². The van der Waals surface area contributed by atoms with Gasteiger partial charge < -0.3 is 10.6 Å². The molecule has 0 saturated heterocycles. The maximum absolute atomic E-state index is 11.8. The van der Waals surface area contributed by atoms with Gasteiger partial charge in [0.25, 0.3) is 0 Å². The molecule has 0 aromatic heterocycles. The van der Waals surface area contributed by atoms with Crippen molar-refractivity contribution >= 4 is 16.1 Å². The molecule has 1 rings (SSSR count). The van der Waals surface area contributed by atoms with Gasteiger partial charge in [-0.3, -0.25) is 0 Å². The van der Waals surface area contributed by atoms with Crippen LogP contribution in [-0.4, -0.2) is 27.5 Å². The first kappa shape index (κ1) is 20.4. The number of hydrogen-bond donors (Lipinski definition) is 3. The molecule has 1 aromatic rings. The van der Waals surface area contributed by atoms with Crippen LogP contribution in [0.25, 0.3) is 0 Å². The highest BCUT2D eigenvalue weighted by atomic mass is 32.2. The van der Waals surface area contributed by atoms with Gasteiger partial charge in [-0.1, -0.05) is 50.5 Å². The van der Waals surface area contributed by atoms with E-state index in [1.54, 1.807) is 12.1 Å². The minimum Gasteiger partial charge on any atom is -0.336 e. The van der Waals surface area contributed by atoms with Crippen LogP contribution in [0.3, 0.4) is 0 Å². The van der Waals surface area contributed by atoms with Crippen LogP contribution in [0.1, 0.15) is 50.7 Å². The number of carbonyl (C=O) groups excluding carboxylic acids is 1. The van der Waals surface area contributed by atoms with E-state index in [9.17, 15) is 13.2 Å². The normalized spacial score (nSPS) is 12.6. The second-order valence-corrected chi connectivity index (χ2v) is 7.93. The summed E-state index contributed by atoms with van der Waals surface area (Å²) in [5.41, 5.74) is 1.64. The molecule has 0 fully saturated rings. The van der Waals surface area contributed by atoms with Gasteiger partial charge in [-0.2, -0.15) is 0 Å². The highest BCUT2D eigenvalue weighted by Gasteiger charge is 2.09. The predicted octanol–water partition coefficient (Wildman–Crippen LogP) is 2.50. The molecule has 3 N–H and O–H groups in total. The van der Waals surface area contributed by atoms with E-state index < -0.39 is 10.0 Å². The number of hydrogen-bond acceptors (Lipinski definition) is 3. The monoisotopic (exact) mass is 355 g/mol. The zero-order valence-corrected chi connectivity index (χ0v) is 15.6. The van der Waals surface area contributed by atoms with Gasteiger partial charge in [0.1, 0.15) is 0 Å². The van der Waals surface area contributed by atoms with Gasteiger partial charge in [-0.05, 0) is 31.5 Å². The van der Waals surface area contributed by atoms with Crippen LogP contribution in [0.15, 0.2) is 24.3 Å². The van der Waals surface area contributed by atoms with E-state index in [-0.39, 0.29) is 17.8 Å². The van der Waals surface area contributed by atoms with Crippen LogP contribution in [-0.2, 0) is 22.3 Å². The molecule has 136 valence electrons. The fourth-order valence-electron chi connectivity index (χ4n) is 2.27. The fraction of sp³-hybridized carbons (Fsp3) is 0.588. The third kappa shape index (κ3) is 8.31. The van der Waals surface area contributed by atoms with Crippen LogP contribution < -0.4 is 15.4 Å². The van der Waals surface area contributed by atoms with Crippen LogP contribution in [0.2, 0.25) is 0 Å². The van der Waals surface area contributed by atoms with Crippen LogP contribution in [0.5, 0.6) is 0 Å². The SMILES string of the molecule is CCCCCC(C)NC(=O)NCc1ccc(CS(=O)(=O)NC)cc1. The largest absolute Gasteiger partial charge is 0.336 e. The Morgan fingerprint density at radius 2 is 1.75 bits per heavy atom. The summed E-state index contributed by atoms with van der Waals surface area (Å²) in [5, 5.41) is 5.74. The summed E-state index contributed by atoms with van der Waals surface area (Å²) in [5.74, 6) is -0.0486. The van der Waals surface area contributed by atoms with Gasteiger partial charge in [0.15, 0.2) is 0 Å². The Morgan fingerprint density at radius 3 is 2.33 bits per heavy atom. The molecule has 0 aliphatic rings. The standard InChI is InChI=1S/C17H29N3O3S/c1-4-5-6-7-14(2)20-17(21)19-12-15-8-10-16(11-9-15)13-24(22,23)18-3/h8-11,14,18H,4-7,12-13H2,1-3H3,(H2,19,20,21). The van der Waals surface area contributed by atoms with Gasteiger partial charge in [-0.15, -0.1) is 0 Å². The molecular formula is C17H29N3O3S. The fourth-order valence-corrected chi connectivity index (χ4v) is 3.05. The van der Waals surface area contributed by atoms with Gasteiger partial charge in [0.05, 0.1) is 5.75 Å². The zero-order valence-electron chi connectivity index (χ0n) is 14.8. The molecule has 7 heteroatoms. The summed E-state index contributed by atoms with van der Waals surface area (Å²) >= 11 is 0. The smallest absolute Gasteiger partial charge is 0.315 e. The summed E-state index contributed by atoms with van der Waals surface area (Å²) in [7, 11) is -1.87. The van der Waals surface area contributed by atoms with Gasteiger partial charge >= 0.3 is 6.03 Å². The molecule has 0 spiro atoms. The molecule has 0 radical (unpaired) electrons. The van der Waals surface area contributed by atoms with Crippen molar-refractivity contribution in [2.75, 3.05) is 7.05 Å². The number of nitrogens with one attached hydrogen (secondary N) is 3. The second-order valence-electron chi connectivity index (χ2n) is 6.00. The Morgan fingerprint density at radius 1 is 1.12 bits per heavy atom. The average molecular weight is 356 g/mol. The van der Waals surface area contributed by atoms with Crippen molar-refractivity contribution in [2.24, 2.45) is 0 Å². The van der Waals surface area contributed by atoms with Crippen LogP contribution >= 0.6 is 0 Å². The van der Waals surface area contributed by atoms with E-state index in [0.717, 1.165) is 18.4 Å². The van der Waals surface area contributed by atoms with Gasteiger partial charge in [0.2, 0.25) is 10.0 Å². The zero-order chi connectivity index (χ0) is 18.0. The maximum atomic E-state index is 11.8. The van der Waals surface area contributed by atoms with E-state index in [1.807, 2.05) is 19.1 Å². The number of sulfonamides is 1. The van der Waals surface area contributed by atoms with Gasteiger partial charge in [-0.25, -0.2) is 17.9 Å². The lowest BCUT2D eigenvalue weighted by Crippen LogP contribution is -2.40. The van der Waals surface area contributed by atoms with E-state index in [0.29, 0.717) is 12.1 Å². The van der Waals surface area contributed by atoms with Crippen LogP contribution in [0.4, 0.5) is 4.79 Å². The van der Waals surface area contributed by atoms with E-state index in [1.165, 1.54) is 19.9 Å². The number of amides is 2. The second kappa shape index (κ2) is 10.3. The minimum absolute atomic E-state index is 0.0486. The van der Waals surface area contributed by atoms with Crippen LogP contribution in [0, 0.1) is 0 Å². The highest BCUT2D eigenvalue weighted by Crippen LogP contribution is 2.08. The molecule has 2 amide bonds. The first-order valence-electron chi connectivity index (χ1n) is 8.39. The lowest BCUT2D eigenvalue weighted by atomic mass is 10.1. The molecule has 24 heavy (non-hydrogen) atoms. The summed E-state index contributed by atoms with van der Waals surface area (Å²) in [6.45, 7) is 4.57. The molecule has 1 aromatic carbocycles. The Labute approximate surface area is 145 Å². The van der Waals surface area contributed by atoms with Crippen molar-refractivity contribution in [1.29, 1.82) is 0 Å². The number of benzene rings is 1. The van der Waals surface area contributed by atoms with Crippen molar-refractivity contribution < 1.29 is 13.2 Å². The molecule has 6 nitrogen and oxygen atoms in total. The quantitative estimate of drug-likeness (QED) is 0.564. The Bertz CT molecular complexity index is 600. The number of unbranched alkanes of at least 4 members (excludes halogenated alkanes) is 2. The maximum Gasteiger partial charge on any atom is 0.315 e. The highest BCUT2D eigenvalue weighted by molar-refractivity contribution is 7.88. The number of carbonyl (C=O) groups is 1. The molecule has 0 heterocycles. The molecular weight excluding hydrogens is 326 g/mol. The Kier molecular flexibility index (Phi) is 8.78. The van der Waals surface area contributed by atoms with Crippen molar-refractivity contribution in [3.05, 3.63) is 35.4 Å². The lowest BCUT2D eigenvalue weighted by Gasteiger charge is -2.14. The van der Waals surface area contributed by atoms with Crippen molar-refractivity contribution in [3.63, 3.8) is 0 Å². The minimum atomic E-state index is -3.26. The molecule has 0 bridgehead atoms. The Balaban J connectivity index is 2.38. The predicted molar refractivity (Wildman–Crippen MR) is 97.1 cm³/mol. The molecule has 0 aliphatic heterocycles. The molecule has 1 unspecified atom stereocenters. The lowest BCUT2D eigenvalue weighted by molar-refractivity contribution is 0.236. The topological polar surface area (TPSA) is 87.3 Å². The van der Waals surface area contributed by atoms with Crippen molar-refractivity contribution in [3.8, 4) is 0 Å². The van der Waals surface area contributed by atoms with E-state index >= 15 is 0 Å². The third-order valence-corrected chi connectivity index (χ3v) is 5.10. The summed E-state index contributed by atoms with van der Waals surface area (Å²) < 4.78 is 25.3. The summed E-state index contributed by atoms with van der Waals surface area (Å²) in [6.07, 6.45) is 4.46. The Hall–Kier alpha value is -1.60. The van der Waals surface area contributed by atoms with Crippen molar-refractivity contribution in [2.45, 2.75) is 57.9 Å². The molecule has 1 atom stereocenters. The van der Waals surface area contributed by atoms with E-state index in [4.69, 9.17) is 0 Å². The van der Waals surface area contributed by atoms with Gasteiger partial charge in [0, 0.05) is 12.6 Å². The number of rotatable bonds is 10. The summed E-state index contributed by atoms with van der Waals surface area (Å²) in [6, 6.07) is 7.15. The average Bonchev–Trinajstić information content (AvgIpc) is 2.54. The third-order valence-electron chi connectivity index (χ3n) is 3.76. The number of urea groups is 1. The van der Waals surface area contributed by atoms with Crippen molar-refractivity contribution in [1.82, 2.24) is 15.4 Å². The molecule has 0 aliphatic carbocycles. The summed E-state index contributed by atoms with van der Waals surface area (Å²) in [4.78, 5) is 11.8.